The summed E-state index contributed by atoms with van der Waals surface area (Å²) in [4.78, 5) is 7.14. The molecule has 0 fully saturated rings. The van der Waals surface area contributed by atoms with E-state index in [1.165, 1.54) is 0 Å². The smallest absolute Gasteiger partial charge is 0.141 e. The lowest BCUT2D eigenvalue weighted by atomic mass is 10.2. The molecule has 0 bridgehead atoms. The second-order valence-corrected chi connectivity index (χ2v) is 3.25. The summed E-state index contributed by atoms with van der Waals surface area (Å²) in [5.41, 5.74) is 6.72. The van der Waals surface area contributed by atoms with Crippen LogP contribution < -0.4 is 10.5 Å². The van der Waals surface area contributed by atoms with Crippen molar-refractivity contribution in [3.63, 3.8) is 0 Å². The van der Waals surface area contributed by atoms with Gasteiger partial charge in [0, 0.05) is 18.4 Å². The highest BCUT2D eigenvalue weighted by atomic mass is 16.5. The van der Waals surface area contributed by atoms with Gasteiger partial charge in [-0.05, 0) is 12.1 Å². The van der Waals surface area contributed by atoms with Crippen LogP contribution in [0.25, 0.3) is 11.0 Å². The molecule has 0 aliphatic rings. The number of rotatable bonds is 3. The van der Waals surface area contributed by atoms with Crippen LogP contribution in [0.2, 0.25) is 0 Å². The summed E-state index contributed by atoms with van der Waals surface area (Å²) < 4.78 is 5.18. The van der Waals surface area contributed by atoms with Crippen molar-refractivity contribution < 1.29 is 9.84 Å². The van der Waals surface area contributed by atoms with E-state index in [0.29, 0.717) is 11.3 Å². The molecule has 0 amide bonds. The zero-order valence-electron chi connectivity index (χ0n) is 8.40. The first-order valence-electron chi connectivity index (χ1n) is 4.66. The predicted molar refractivity (Wildman–Crippen MR) is 56.7 cm³/mol. The number of H-pyrrole nitrogens is 1. The maximum atomic E-state index is 9.57. The first kappa shape index (κ1) is 9.95. The molecule has 0 aliphatic heterocycles. The Bertz CT molecular complexity index is 467. The third-order valence-corrected chi connectivity index (χ3v) is 2.31. The van der Waals surface area contributed by atoms with Crippen molar-refractivity contribution in [2.75, 3.05) is 13.7 Å². The summed E-state index contributed by atoms with van der Waals surface area (Å²) in [6.07, 6.45) is 0.958. The van der Waals surface area contributed by atoms with Gasteiger partial charge in [-0.1, -0.05) is 0 Å². The van der Waals surface area contributed by atoms with Crippen LogP contribution in [-0.2, 0) is 0 Å². The van der Waals surface area contributed by atoms with Crippen molar-refractivity contribution in [1.29, 1.82) is 0 Å². The van der Waals surface area contributed by atoms with Crippen LogP contribution >= 0.6 is 0 Å². The maximum Gasteiger partial charge on any atom is 0.141 e. The zero-order valence-corrected chi connectivity index (χ0v) is 8.40. The number of aromatic nitrogens is 2. The number of fused-ring (bicyclic) bond motifs is 1. The molecular weight excluding hydrogens is 194 g/mol. The summed E-state index contributed by atoms with van der Waals surface area (Å²) in [5.74, 6) is 0.728. The second kappa shape index (κ2) is 3.88. The first-order valence-corrected chi connectivity index (χ1v) is 4.66. The Morgan fingerprint density at radius 2 is 2.47 bits per heavy atom. The van der Waals surface area contributed by atoms with Gasteiger partial charge in [0.2, 0.25) is 0 Å². The Morgan fingerprint density at radius 1 is 1.67 bits per heavy atom. The monoisotopic (exact) mass is 207 g/mol. The van der Waals surface area contributed by atoms with Crippen LogP contribution in [0.1, 0.15) is 11.8 Å². The molecule has 2 heterocycles. The van der Waals surface area contributed by atoms with Gasteiger partial charge in [-0.25, -0.2) is 4.98 Å². The van der Waals surface area contributed by atoms with E-state index in [0.717, 1.165) is 11.1 Å². The Balaban J connectivity index is 2.55. The highest BCUT2D eigenvalue weighted by Gasteiger charge is 2.11. The van der Waals surface area contributed by atoms with Crippen molar-refractivity contribution in [3.8, 4) is 5.75 Å². The molecule has 1 atom stereocenters. The summed E-state index contributed by atoms with van der Waals surface area (Å²) >= 11 is 0. The number of hydrogen-bond acceptors (Lipinski definition) is 4. The molecular formula is C10H13N3O2. The molecule has 4 N–H and O–H groups in total. The van der Waals surface area contributed by atoms with E-state index >= 15 is 0 Å². The van der Waals surface area contributed by atoms with Crippen molar-refractivity contribution in [2.24, 2.45) is 5.73 Å². The summed E-state index contributed by atoms with van der Waals surface area (Å²) in [6, 6.07) is 3.58. The SMILES string of the molecule is COc1ccnc2[nH]c(C(O)CN)cc12. The van der Waals surface area contributed by atoms with Gasteiger partial charge in [0.05, 0.1) is 12.5 Å². The standard InChI is InChI=1S/C10H13N3O2/c1-15-9-2-3-12-10-6(9)4-7(13-10)8(14)5-11/h2-4,8,14H,5,11H2,1H3,(H,12,13). The van der Waals surface area contributed by atoms with E-state index in [1.54, 1.807) is 25.4 Å². The van der Waals surface area contributed by atoms with E-state index in [4.69, 9.17) is 10.5 Å². The number of pyridine rings is 1. The number of aromatic amines is 1. The first-order chi connectivity index (χ1) is 7.26. The molecule has 5 nitrogen and oxygen atoms in total. The quantitative estimate of drug-likeness (QED) is 0.686. The summed E-state index contributed by atoms with van der Waals surface area (Å²) in [6.45, 7) is 0.176. The number of ether oxygens (including phenoxy) is 1. The van der Waals surface area contributed by atoms with E-state index in [-0.39, 0.29) is 6.54 Å². The fourth-order valence-electron chi connectivity index (χ4n) is 1.51. The molecule has 0 radical (unpaired) electrons. The highest BCUT2D eigenvalue weighted by molar-refractivity contribution is 5.83. The molecule has 0 aliphatic carbocycles. The van der Waals surface area contributed by atoms with Crippen LogP contribution in [0, 0.1) is 0 Å². The zero-order chi connectivity index (χ0) is 10.8. The average Bonchev–Trinajstić information content (AvgIpc) is 2.71. The van der Waals surface area contributed by atoms with Gasteiger partial charge in [0.1, 0.15) is 17.5 Å². The topological polar surface area (TPSA) is 84.2 Å². The van der Waals surface area contributed by atoms with Crippen LogP contribution in [0.3, 0.4) is 0 Å². The van der Waals surface area contributed by atoms with Crippen LogP contribution in [0.5, 0.6) is 5.75 Å². The van der Waals surface area contributed by atoms with Gasteiger partial charge >= 0.3 is 0 Å². The molecule has 2 rings (SSSR count). The van der Waals surface area contributed by atoms with Gasteiger partial charge in [0.25, 0.3) is 0 Å². The normalized spacial score (nSPS) is 13.0. The Labute approximate surface area is 86.9 Å². The number of aliphatic hydroxyl groups is 1. The van der Waals surface area contributed by atoms with Crippen LogP contribution in [0.15, 0.2) is 18.3 Å². The molecule has 5 heteroatoms. The number of methoxy groups -OCH3 is 1. The molecule has 0 saturated carbocycles. The minimum Gasteiger partial charge on any atom is -0.496 e. The molecule has 0 saturated heterocycles. The van der Waals surface area contributed by atoms with E-state index < -0.39 is 6.10 Å². The average molecular weight is 207 g/mol. The molecule has 0 aromatic carbocycles. The molecule has 2 aromatic heterocycles. The van der Waals surface area contributed by atoms with Crippen LogP contribution in [-0.4, -0.2) is 28.7 Å². The van der Waals surface area contributed by atoms with Gasteiger partial charge in [0.15, 0.2) is 0 Å². The molecule has 15 heavy (non-hydrogen) atoms. The molecule has 0 spiro atoms. The number of nitrogens with two attached hydrogens (primary N) is 1. The van der Waals surface area contributed by atoms with Gasteiger partial charge in [-0.2, -0.15) is 0 Å². The number of nitrogens with one attached hydrogen (secondary N) is 1. The fraction of sp³-hybridized carbons (Fsp3) is 0.300. The fourth-order valence-corrected chi connectivity index (χ4v) is 1.51. The van der Waals surface area contributed by atoms with Gasteiger partial charge in [-0.15, -0.1) is 0 Å². The minimum atomic E-state index is -0.691. The molecule has 1 unspecified atom stereocenters. The Kier molecular flexibility index (Phi) is 2.57. The van der Waals surface area contributed by atoms with E-state index in [2.05, 4.69) is 9.97 Å². The third kappa shape index (κ3) is 1.67. The Hall–Kier alpha value is -1.59. The molecule has 80 valence electrons. The van der Waals surface area contributed by atoms with Crippen molar-refractivity contribution >= 4 is 11.0 Å². The lowest BCUT2D eigenvalue weighted by Gasteiger charge is -2.02. The van der Waals surface area contributed by atoms with Gasteiger partial charge in [-0.3, -0.25) is 0 Å². The number of aliphatic hydroxyl groups excluding tert-OH is 1. The predicted octanol–water partition coefficient (Wildman–Crippen LogP) is 0.564. The lowest BCUT2D eigenvalue weighted by Crippen LogP contribution is -2.11. The van der Waals surface area contributed by atoms with Crippen molar-refractivity contribution in [2.45, 2.75) is 6.10 Å². The van der Waals surface area contributed by atoms with Crippen molar-refractivity contribution in [3.05, 3.63) is 24.0 Å². The van der Waals surface area contributed by atoms with Crippen molar-refractivity contribution in [1.82, 2.24) is 9.97 Å². The number of hydrogen-bond donors (Lipinski definition) is 3. The van der Waals surface area contributed by atoms with E-state index in [1.807, 2.05) is 0 Å². The van der Waals surface area contributed by atoms with Crippen LogP contribution in [0.4, 0.5) is 0 Å². The summed E-state index contributed by atoms with van der Waals surface area (Å²) in [5, 5.41) is 10.4. The van der Waals surface area contributed by atoms with E-state index in [9.17, 15) is 5.11 Å². The highest BCUT2D eigenvalue weighted by Crippen LogP contribution is 2.26. The minimum absolute atomic E-state index is 0.176. The second-order valence-electron chi connectivity index (χ2n) is 3.25. The largest absolute Gasteiger partial charge is 0.496 e. The third-order valence-electron chi connectivity index (χ3n) is 2.31. The maximum absolute atomic E-state index is 9.57. The molecule has 2 aromatic rings. The van der Waals surface area contributed by atoms with Gasteiger partial charge < -0.3 is 20.6 Å². The summed E-state index contributed by atoms with van der Waals surface area (Å²) in [7, 11) is 1.60. The number of nitrogens with zero attached hydrogens (tertiary/aromatic N) is 1. The lowest BCUT2D eigenvalue weighted by molar-refractivity contribution is 0.183. The Morgan fingerprint density at radius 3 is 3.13 bits per heavy atom.